The Balaban J connectivity index is 2.00. The van der Waals surface area contributed by atoms with Gasteiger partial charge in [-0.25, -0.2) is 0 Å². The molecule has 1 fully saturated rings. The number of hydrogen-bond donors (Lipinski definition) is 7. The van der Waals surface area contributed by atoms with Crippen LogP contribution in [0.1, 0.15) is 53.9 Å². The molecule has 0 aliphatic heterocycles. The van der Waals surface area contributed by atoms with Crippen molar-refractivity contribution in [2.75, 3.05) is 34.4 Å². The first kappa shape index (κ1) is 19.5. The van der Waals surface area contributed by atoms with Crippen molar-refractivity contribution in [2.24, 2.45) is 5.73 Å². The second kappa shape index (κ2) is 7.41. The Hall–Kier alpha value is -3.24. The van der Waals surface area contributed by atoms with E-state index in [1.54, 1.807) is 6.07 Å². The normalized spacial score (nSPS) is 19.1. The fraction of sp³-hybridized carbons (Fsp3) is 0.333. The van der Waals surface area contributed by atoms with Crippen molar-refractivity contribution in [2.45, 2.75) is 44.6 Å². The summed E-state index contributed by atoms with van der Waals surface area (Å²) in [6.07, 6.45) is 4.05. The number of benzene rings is 2. The number of rotatable bonds is 1. The fourth-order valence-electron chi connectivity index (χ4n) is 3.81. The monoisotopic (exact) mass is 379 g/mol. The Morgan fingerprint density at radius 3 is 2.04 bits per heavy atom. The summed E-state index contributed by atoms with van der Waals surface area (Å²) >= 11 is 0. The first-order valence-electron chi connectivity index (χ1n) is 9.39. The fourth-order valence-corrected chi connectivity index (χ4v) is 3.81. The summed E-state index contributed by atoms with van der Waals surface area (Å²) in [6.45, 7) is 1.93. The lowest BCUT2D eigenvalue weighted by Gasteiger charge is -2.28. The molecule has 28 heavy (non-hydrogen) atoms. The van der Waals surface area contributed by atoms with E-state index in [1.807, 2.05) is 13.0 Å². The standard InChI is InChI=1S/C21H29N7/c1-10-14(7-4-12-8-17(24)20(27)21(28)19(12)26)16(23)9-15(18(10)25)11-2-5-13(22)6-3-11/h8-9,11,13H,2-3,5-6,22-28H2,1H3. The Morgan fingerprint density at radius 1 is 0.750 bits per heavy atom. The summed E-state index contributed by atoms with van der Waals surface area (Å²) in [5.41, 5.74) is 48.0. The van der Waals surface area contributed by atoms with Crippen molar-refractivity contribution in [1.29, 1.82) is 0 Å². The number of anilines is 6. The van der Waals surface area contributed by atoms with Gasteiger partial charge in [-0.05, 0) is 61.8 Å². The van der Waals surface area contributed by atoms with Gasteiger partial charge >= 0.3 is 0 Å². The SMILES string of the molecule is Cc1c(N)c(C2CCC(N)CC2)cc(N)c1C#Cc1cc(N)c(N)c(N)c1N. The molecule has 7 heteroatoms. The molecule has 0 aromatic heterocycles. The third-order valence-corrected chi connectivity index (χ3v) is 5.70. The molecule has 1 aliphatic rings. The van der Waals surface area contributed by atoms with Gasteiger partial charge in [-0.1, -0.05) is 11.8 Å². The summed E-state index contributed by atoms with van der Waals surface area (Å²) in [5.74, 6) is 6.48. The topological polar surface area (TPSA) is 182 Å². The van der Waals surface area contributed by atoms with E-state index in [0.29, 0.717) is 34.1 Å². The first-order chi connectivity index (χ1) is 13.2. The summed E-state index contributed by atoms with van der Waals surface area (Å²) in [5, 5.41) is 0. The average Bonchev–Trinajstić information content (AvgIpc) is 2.67. The minimum atomic E-state index is 0.236. The summed E-state index contributed by atoms with van der Waals surface area (Å²) in [4.78, 5) is 0. The molecule has 0 bridgehead atoms. The Labute approximate surface area is 165 Å². The van der Waals surface area contributed by atoms with Crippen molar-refractivity contribution in [3.8, 4) is 11.8 Å². The van der Waals surface area contributed by atoms with E-state index in [0.717, 1.165) is 42.5 Å². The highest BCUT2D eigenvalue weighted by atomic mass is 14.8. The molecule has 2 aromatic rings. The van der Waals surface area contributed by atoms with Crippen LogP contribution in [0.4, 0.5) is 34.1 Å². The second-order valence-corrected chi connectivity index (χ2v) is 7.58. The Kier molecular flexibility index (Phi) is 5.16. The van der Waals surface area contributed by atoms with Gasteiger partial charge in [0.1, 0.15) is 0 Å². The number of nitrogen functional groups attached to an aromatic ring is 6. The molecule has 0 radical (unpaired) electrons. The summed E-state index contributed by atoms with van der Waals surface area (Å²) in [6, 6.07) is 3.84. The first-order valence-corrected chi connectivity index (χ1v) is 9.39. The van der Waals surface area contributed by atoms with E-state index in [-0.39, 0.29) is 17.4 Å². The molecule has 2 aromatic carbocycles. The third-order valence-electron chi connectivity index (χ3n) is 5.70. The average molecular weight is 380 g/mol. The zero-order chi connectivity index (χ0) is 20.6. The molecule has 0 spiro atoms. The van der Waals surface area contributed by atoms with Gasteiger partial charge in [-0.15, -0.1) is 0 Å². The van der Waals surface area contributed by atoms with Crippen LogP contribution < -0.4 is 40.1 Å². The van der Waals surface area contributed by atoms with E-state index < -0.39 is 0 Å². The molecule has 3 rings (SSSR count). The molecule has 1 aliphatic carbocycles. The minimum Gasteiger partial charge on any atom is -0.398 e. The van der Waals surface area contributed by atoms with E-state index in [1.165, 1.54) is 0 Å². The quantitative estimate of drug-likeness (QED) is 0.291. The van der Waals surface area contributed by atoms with Gasteiger partial charge in [0.25, 0.3) is 0 Å². The van der Waals surface area contributed by atoms with E-state index >= 15 is 0 Å². The molecule has 148 valence electrons. The van der Waals surface area contributed by atoms with Gasteiger partial charge in [0, 0.05) is 17.4 Å². The molecule has 7 nitrogen and oxygen atoms in total. The molecular weight excluding hydrogens is 350 g/mol. The van der Waals surface area contributed by atoms with Crippen LogP contribution in [0.25, 0.3) is 0 Å². The molecule has 0 heterocycles. The van der Waals surface area contributed by atoms with E-state index in [2.05, 4.69) is 11.8 Å². The number of nitrogens with two attached hydrogens (primary N) is 7. The summed E-state index contributed by atoms with van der Waals surface area (Å²) < 4.78 is 0. The van der Waals surface area contributed by atoms with Crippen LogP contribution in [0.2, 0.25) is 0 Å². The predicted molar refractivity (Wildman–Crippen MR) is 119 cm³/mol. The van der Waals surface area contributed by atoms with E-state index in [9.17, 15) is 0 Å². The zero-order valence-corrected chi connectivity index (χ0v) is 16.2. The van der Waals surface area contributed by atoms with Crippen molar-refractivity contribution < 1.29 is 0 Å². The van der Waals surface area contributed by atoms with Crippen LogP contribution in [-0.2, 0) is 0 Å². The molecule has 0 atom stereocenters. The lowest BCUT2D eigenvalue weighted by Crippen LogP contribution is -2.26. The van der Waals surface area contributed by atoms with Gasteiger partial charge in [0.05, 0.1) is 33.9 Å². The largest absolute Gasteiger partial charge is 0.398 e. The van der Waals surface area contributed by atoms with Gasteiger partial charge in [0.2, 0.25) is 0 Å². The maximum absolute atomic E-state index is 6.45. The molecular formula is C21H29N7. The van der Waals surface area contributed by atoms with Crippen LogP contribution in [0, 0.1) is 18.8 Å². The molecule has 0 amide bonds. The van der Waals surface area contributed by atoms with Crippen molar-refractivity contribution in [3.05, 3.63) is 34.4 Å². The van der Waals surface area contributed by atoms with E-state index in [4.69, 9.17) is 40.1 Å². The zero-order valence-electron chi connectivity index (χ0n) is 16.2. The number of hydrogen-bond acceptors (Lipinski definition) is 7. The van der Waals surface area contributed by atoms with Crippen LogP contribution in [0.5, 0.6) is 0 Å². The van der Waals surface area contributed by atoms with Crippen LogP contribution >= 0.6 is 0 Å². The Bertz CT molecular complexity index is 977. The highest BCUT2D eigenvalue weighted by Crippen LogP contribution is 2.39. The highest BCUT2D eigenvalue weighted by molar-refractivity contribution is 5.90. The molecule has 1 saturated carbocycles. The van der Waals surface area contributed by atoms with Gasteiger partial charge in [-0.2, -0.15) is 0 Å². The smallest absolute Gasteiger partial charge is 0.0815 e. The predicted octanol–water partition coefficient (Wildman–Crippen LogP) is 1.87. The van der Waals surface area contributed by atoms with Crippen LogP contribution in [0.15, 0.2) is 12.1 Å². The lowest BCUT2D eigenvalue weighted by molar-refractivity contribution is 0.396. The molecule has 0 unspecified atom stereocenters. The summed E-state index contributed by atoms with van der Waals surface area (Å²) in [7, 11) is 0. The van der Waals surface area contributed by atoms with Gasteiger partial charge < -0.3 is 40.1 Å². The molecule has 14 N–H and O–H groups in total. The lowest BCUT2D eigenvalue weighted by atomic mass is 9.80. The van der Waals surface area contributed by atoms with Crippen LogP contribution in [-0.4, -0.2) is 6.04 Å². The second-order valence-electron chi connectivity index (χ2n) is 7.58. The maximum atomic E-state index is 6.45. The van der Waals surface area contributed by atoms with Crippen molar-refractivity contribution >= 4 is 34.1 Å². The maximum Gasteiger partial charge on any atom is 0.0815 e. The van der Waals surface area contributed by atoms with Crippen molar-refractivity contribution in [1.82, 2.24) is 0 Å². The molecule has 0 saturated heterocycles. The highest BCUT2D eigenvalue weighted by Gasteiger charge is 2.23. The van der Waals surface area contributed by atoms with Gasteiger partial charge in [-0.3, -0.25) is 0 Å². The van der Waals surface area contributed by atoms with Crippen LogP contribution in [0.3, 0.4) is 0 Å². The third kappa shape index (κ3) is 3.47. The minimum absolute atomic E-state index is 0.236. The van der Waals surface area contributed by atoms with Gasteiger partial charge in [0.15, 0.2) is 0 Å². The Morgan fingerprint density at radius 2 is 1.39 bits per heavy atom. The van der Waals surface area contributed by atoms with Crippen molar-refractivity contribution in [3.63, 3.8) is 0 Å².